The van der Waals surface area contributed by atoms with E-state index in [-0.39, 0.29) is 0 Å². The summed E-state index contributed by atoms with van der Waals surface area (Å²) < 4.78 is 0. The first-order chi connectivity index (χ1) is 13.3. The molecule has 148 valence electrons. The van der Waals surface area contributed by atoms with Crippen molar-refractivity contribution in [2.75, 3.05) is 5.01 Å². The van der Waals surface area contributed by atoms with Crippen molar-refractivity contribution in [1.29, 1.82) is 0 Å². The number of aryl methyl sites for hydroxylation is 1. The maximum absolute atomic E-state index is 4.07. The molecule has 2 aliphatic carbocycles. The van der Waals surface area contributed by atoms with Gasteiger partial charge in [0.2, 0.25) is 0 Å². The molecule has 2 heteroatoms. The van der Waals surface area contributed by atoms with Crippen LogP contribution in [0.25, 0.3) is 0 Å². The van der Waals surface area contributed by atoms with Gasteiger partial charge in [-0.15, -0.1) is 0 Å². The van der Waals surface area contributed by atoms with Gasteiger partial charge in [-0.05, 0) is 55.1 Å². The Morgan fingerprint density at radius 2 is 1.70 bits per heavy atom. The Kier molecular flexibility index (Phi) is 5.19. The van der Waals surface area contributed by atoms with Crippen LogP contribution in [0.5, 0.6) is 0 Å². The Labute approximate surface area is 166 Å². The highest BCUT2D eigenvalue weighted by Gasteiger charge is 2.42. The topological polar surface area (TPSA) is 15.3 Å². The number of hydrazine groups is 1. The van der Waals surface area contributed by atoms with E-state index in [4.69, 9.17) is 0 Å². The van der Waals surface area contributed by atoms with E-state index >= 15 is 0 Å². The standard InChI is InChI=1S/C25H38N2/c1-18-15-16-21-13-8-14-22-24(26-27(18)25(21)22)23(20-11-6-3-7-12-20)17-19-9-4-2-5-10-19/h8,13-14,18-20,23-24,26H,2-7,9-12,15-17H2,1H3. The molecule has 1 N–H and O–H groups in total. The molecular weight excluding hydrogens is 328 g/mol. The quantitative estimate of drug-likeness (QED) is 0.649. The van der Waals surface area contributed by atoms with Gasteiger partial charge in [0.05, 0.1) is 11.7 Å². The normalized spacial score (nSPS) is 30.3. The van der Waals surface area contributed by atoms with Gasteiger partial charge >= 0.3 is 0 Å². The number of hydrogen-bond donors (Lipinski definition) is 1. The van der Waals surface area contributed by atoms with Crippen molar-refractivity contribution < 1.29 is 0 Å². The van der Waals surface area contributed by atoms with Crippen LogP contribution in [0.15, 0.2) is 18.2 Å². The summed E-state index contributed by atoms with van der Waals surface area (Å²) in [6.07, 6.45) is 18.8. The summed E-state index contributed by atoms with van der Waals surface area (Å²) in [7, 11) is 0. The molecule has 2 heterocycles. The summed E-state index contributed by atoms with van der Waals surface area (Å²) in [5.41, 5.74) is 8.84. The number of anilines is 1. The van der Waals surface area contributed by atoms with Crippen LogP contribution in [0, 0.1) is 17.8 Å². The Morgan fingerprint density at radius 3 is 2.48 bits per heavy atom. The first-order valence-corrected chi connectivity index (χ1v) is 12.0. The van der Waals surface area contributed by atoms with Crippen molar-refractivity contribution in [2.24, 2.45) is 17.8 Å². The molecule has 0 amide bonds. The number of rotatable bonds is 4. The van der Waals surface area contributed by atoms with Crippen molar-refractivity contribution >= 4 is 5.69 Å². The highest BCUT2D eigenvalue weighted by atomic mass is 15.6. The summed E-state index contributed by atoms with van der Waals surface area (Å²) >= 11 is 0. The molecule has 0 saturated heterocycles. The number of para-hydroxylation sites is 1. The number of nitrogens with one attached hydrogen (secondary N) is 1. The molecule has 1 aromatic carbocycles. The lowest BCUT2D eigenvalue weighted by Crippen LogP contribution is -2.46. The maximum atomic E-state index is 4.07. The van der Waals surface area contributed by atoms with Crippen LogP contribution in [-0.4, -0.2) is 6.04 Å². The van der Waals surface area contributed by atoms with E-state index in [0.717, 1.165) is 17.8 Å². The summed E-state index contributed by atoms with van der Waals surface area (Å²) in [6, 6.07) is 8.35. The Bertz CT molecular complexity index is 642. The second-order valence-corrected chi connectivity index (χ2v) is 10.0. The zero-order chi connectivity index (χ0) is 18.2. The Balaban J connectivity index is 1.45. The zero-order valence-corrected chi connectivity index (χ0v) is 17.3. The van der Waals surface area contributed by atoms with E-state index in [1.165, 1.54) is 83.5 Å². The van der Waals surface area contributed by atoms with Crippen LogP contribution in [0.2, 0.25) is 0 Å². The summed E-state index contributed by atoms with van der Waals surface area (Å²) in [6.45, 7) is 2.41. The van der Waals surface area contributed by atoms with Crippen LogP contribution >= 0.6 is 0 Å². The maximum Gasteiger partial charge on any atom is 0.0603 e. The Hall–Kier alpha value is -1.02. The minimum absolute atomic E-state index is 0.561. The molecule has 2 fully saturated rings. The average Bonchev–Trinajstić information content (AvgIpc) is 3.12. The summed E-state index contributed by atoms with van der Waals surface area (Å²) in [4.78, 5) is 0. The summed E-state index contributed by atoms with van der Waals surface area (Å²) in [5.74, 6) is 2.75. The number of hydrogen-bond acceptors (Lipinski definition) is 2. The molecule has 0 aromatic heterocycles. The van der Waals surface area contributed by atoms with Gasteiger partial charge in [0.25, 0.3) is 0 Å². The lowest BCUT2D eigenvalue weighted by molar-refractivity contribution is 0.150. The van der Waals surface area contributed by atoms with E-state index in [9.17, 15) is 0 Å². The van der Waals surface area contributed by atoms with E-state index < -0.39 is 0 Å². The van der Waals surface area contributed by atoms with E-state index in [1.54, 1.807) is 16.8 Å². The van der Waals surface area contributed by atoms with Crippen molar-refractivity contribution in [3.8, 4) is 0 Å². The van der Waals surface area contributed by atoms with Crippen molar-refractivity contribution in [1.82, 2.24) is 5.43 Å². The number of benzene rings is 1. The fraction of sp³-hybridized carbons (Fsp3) is 0.760. The van der Waals surface area contributed by atoms with E-state index in [2.05, 4.69) is 35.6 Å². The minimum atomic E-state index is 0.561. The molecule has 2 aliphatic heterocycles. The molecule has 0 spiro atoms. The lowest BCUT2D eigenvalue weighted by Gasteiger charge is -2.39. The smallest absolute Gasteiger partial charge is 0.0603 e. The van der Waals surface area contributed by atoms with Crippen LogP contribution < -0.4 is 10.4 Å². The van der Waals surface area contributed by atoms with Gasteiger partial charge in [0.1, 0.15) is 0 Å². The van der Waals surface area contributed by atoms with Gasteiger partial charge in [-0.2, -0.15) is 0 Å². The van der Waals surface area contributed by atoms with Crippen molar-refractivity contribution in [2.45, 2.75) is 102 Å². The summed E-state index contributed by atoms with van der Waals surface area (Å²) in [5, 5.41) is 2.57. The lowest BCUT2D eigenvalue weighted by atomic mass is 9.69. The SMILES string of the molecule is CC1CCc2cccc3c2N1NC3C(CC1CCCCC1)C1CCCCC1. The highest BCUT2D eigenvalue weighted by Crippen LogP contribution is 2.49. The largest absolute Gasteiger partial charge is 0.304 e. The second kappa shape index (κ2) is 7.78. The van der Waals surface area contributed by atoms with Crippen LogP contribution in [-0.2, 0) is 6.42 Å². The molecule has 3 atom stereocenters. The predicted molar refractivity (Wildman–Crippen MR) is 114 cm³/mol. The molecule has 5 rings (SSSR count). The third-order valence-corrected chi connectivity index (χ3v) is 8.29. The van der Waals surface area contributed by atoms with Crippen LogP contribution in [0.3, 0.4) is 0 Å². The zero-order valence-electron chi connectivity index (χ0n) is 17.3. The van der Waals surface area contributed by atoms with Crippen LogP contribution in [0.1, 0.15) is 101 Å². The predicted octanol–water partition coefficient (Wildman–Crippen LogP) is 6.55. The van der Waals surface area contributed by atoms with E-state index in [0.29, 0.717) is 12.1 Å². The Morgan fingerprint density at radius 1 is 0.963 bits per heavy atom. The average molecular weight is 367 g/mol. The van der Waals surface area contributed by atoms with Gasteiger partial charge in [-0.1, -0.05) is 82.4 Å². The monoisotopic (exact) mass is 366 g/mol. The molecule has 1 aromatic rings. The van der Waals surface area contributed by atoms with Crippen LogP contribution in [0.4, 0.5) is 5.69 Å². The minimum Gasteiger partial charge on any atom is -0.304 e. The van der Waals surface area contributed by atoms with Gasteiger partial charge in [-0.3, -0.25) is 0 Å². The molecule has 0 bridgehead atoms. The van der Waals surface area contributed by atoms with E-state index in [1.807, 2.05) is 0 Å². The molecule has 3 unspecified atom stereocenters. The first-order valence-electron chi connectivity index (χ1n) is 12.0. The van der Waals surface area contributed by atoms with Crippen molar-refractivity contribution in [3.05, 3.63) is 29.3 Å². The van der Waals surface area contributed by atoms with Crippen molar-refractivity contribution in [3.63, 3.8) is 0 Å². The second-order valence-electron chi connectivity index (χ2n) is 10.0. The molecule has 0 radical (unpaired) electrons. The molecule has 2 saturated carbocycles. The van der Waals surface area contributed by atoms with Gasteiger partial charge < -0.3 is 5.01 Å². The molecular formula is C25H38N2. The number of nitrogens with zero attached hydrogens (tertiary/aromatic N) is 1. The molecule has 27 heavy (non-hydrogen) atoms. The fourth-order valence-electron chi connectivity index (χ4n) is 6.78. The molecule has 2 nitrogen and oxygen atoms in total. The van der Waals surface area contributed by atoms with Gasteiger partial charge in [0, 0.05) is 6.04 Å². The molecule has 4 aliphatic rings. The third-order valence-electron chi connectivity index (χ3n) is 8.29. The fourth-order valence-corrected chi connectivity index (χ4v) is 6.78. The third kappa shape index (κ3) is 3.43. The van der Waals surface area contributed by atoms with Gasteiger partial charge in [-0.25, -0.2) is 5.43 Å². The first kappa shape index (κ1) is 18.0. The van der Waals surface area contributed by atoms with Gasteiger partial charge in [0.15, 0.2) is 0 Å². The highest BCUT2D eigenvalue weighted by molar-refractivity contribution is 5.65.